The molecule has 1 unspecified atom stereocenters. The average Bonchev–Trinajstić information content (AvgIpc) is 3.26. The van der Waals surface area contributed by atoms with Gasteiger partial charge < -0.3 is 9.84 Å². The highest BCUT2D eigenvalue weighted by Gasteiger charge is 2.35. The number of rotatable bonds is 6. The van der Waals surface area contributed by atoms with Gasteiger partial charge in [-0.1, -0.05) is 72.3 Å². The second kappa shape index (κ2) is 8.60. The van der Waals surface area contributed by atoms with Gasteiger partial charge in [0, 0.05) is 17.8 Å². The molecule has 1 atom stereocenters. The molecule has 0 aliphatic carbocycles. The molecule has 31 heavy (non-hydrogen) atoms. The first-order chi connectivity index (χ1) is 15.0. The van der Waals surface area contributed by atoms with Gasteiger partial charge in [0.05, 0.1) is 11.6 Å². The summed E-state index contributed by atoms with van der Waals surface area (Å²) in [7, 11) is 0. The van der Waals surface area contributed by atoms with Crippen LogP contribution in [-0.4, -0.2) is 27.6 Å². The van der Waals surface area contributed by atoms with E-state index in [-0.39, 0.29) is 12.1 Å². The monoisotopic (exact) mass is 414 g/mol. The van der Waals surface area contributed by atoms with Crippen LogP contribution in [0, 0.1) is 6.92 Å². The quantitative estimate of drug-likeness (QED) is 0.556. The van der Waals surface area contributed by atoms with Crippen molar-refractivity contribution in [3.8, 4) is 11.4 Å². The zero-order chi connectivity index (χ0) is 22.0. The minimum absolute atomic E-state index is 0.177. The Balaban J connectivity index is 1.79. The number of hydrogen-bond acceptors (Lipinski definition) is 4. The van der Waals surface area contributed by atoms with E-state index >= 15 is 0 Å². The maximum atomic E-state index is 12.8. The lowest BCUT2D eigenvalue weighted by Crippen LogP contribution is -2.46. The maximum Gasteiger partial charge on any atom is 0.322 e. The minimum Gasteiger partial charge on any atom is -0.334 e. The number of aryl methyl sites for hydroxylation is 2. The van der Waals surface area contributed by atoms with Crippen molar-refractivity contribution in [3.05, 3.63) is 89.5 Å². The molecule has 6 nitrogen and oxygen atoms in total. The highest BCUT2D eigenvalue weighted by atomic mass is 16.5. The summed E-state index contributed by atoms with van der Waals surface area (Å²) in [5, 5.41) is 7.29. The Morgan fingerprint density at radius 2 is 1.84 bits per heavy atom. The van der Waals surface area contributed by atoms with Crippen molar-refractivity contribution in [2.45, 2.75) is 33.2 Å². The lowest BCUT2D eigenvalue weighted by Gasteiger charge is -2.34. The first-order valence-electron chi connectivity index (χ1n) is 10.4. The van der Waals surface area contributed by atoms with E-state index in [2.05, 4.69) is 41.1 Å². The number of nitrogens with one attached hydrogen (secondary N) is 1. The third-order valence-corrected chi connectivity index (χ3v) is 5.60. The molecule has 1 N–H and O–H groups in total. The van der Waals surface area contributed by atoms with Crippen molar-refractivity contribution in [2.75, 3.05) is 6.54 Å². The maximum absolute atomic E-state index is 12.8. The number of hydrogen-bond donors (Lipinski definition) is 1. The molecule has 6 heteroatoms. The Morgan fingerprint density at radius 1 is 1.13 bits per heavy atom. The molecule has 2 aromatic carbocycles. The van der Waals surface area contributed by atoms with Crippen LogP contribution in [0.5, 0.6) is 0 Å². The van der Waals surface area contributed by atoms with Gasteiger partial charge in [-0.25, -0.2) is 4.79 Å². The Labute approximate surface area is 182 Å². The van der Waals surface area contributed by atoms with Gasteiger partial charge in [0.1, 0.15) is 0 Å². The highest BCUT2D eigenvalue weighted by molar-refractivity contribution is 5.87. The molecule has 2 amide bonds. The minimum atomic E-state index is -0.384. The Kier molecular flexibility index (Phi) is 5.71. The van der Waals surface area contributed by atoms with Gasteiger partial charge in [0.25, 0.3) is 5.89 Å². The SMILES string of the molecule is C=CCN1C(=O)NC(c2ccc(CC)cc2)C(c2nc(-c3ccc(C)cc3)no2)=C1C. The van der Waals surface area contributed by atoms with Crippen molar-refractivity contribution in [1.82, 2.24) is 20.4 Å². The van der Waals surface area contributed by atoms with Crippen LogP contribution < -0.4 is 5.32 Å². The van der Waals surface area contributed by atoms with E-state index in [0.29, 0.717) is 18.3 Å². The van der Waals surface area contributed by atoms with E-state index in [9.17, 15) is 4.79 Å². The van der Waals surface area contributed by atoms with Crippen LogP contribution in [0.4, 0.5) is 4.79 Å². The number of carbonyl (C=O) groups is 1. The number of amides is 2. The summed E-state index contributed by atoms with van der Waals surface area (Å²) in [6.07, 6.45) is 2.65. The molecule has 2 heterocycles. The number of allylic oxidation sites excluding steroid dienone is 1. The number of urea groups is 1. The van der Waals surface area contributed by atoms with E-state index in [1.54, 1.807) is 11.0 Å². The van der Waals surface area contributed by atoms with Crippen LogP contribution in [-0.2, 0) is 6.42 Å². The molecule has 0 bridgehead atoms. The molecule has 1 aliphatic heterocycles. The van der Waals surface area contributed by atoms with E-state index in [4.69, 9.17) is 4.52 Å². The largest absolute Gasteiger partial charge is 0.334 e. The number of benzene rings is 2. The number of nitrogens with zero attached hydrogens (tertiary/aromatic N) is 3. The van der Waals surface area contributed by atoms with Gasteiger partial charge in [-0.05, 0) is 31.4 Å². The van der Waals surface area contributed by atoms with Crippen molar-refractivity contribution in [3.63, 3.8) is 0 Å². The summed E-state index contributed by atoms with van der Waals surface area (Å²) in [5.74, 6) is 0.911. The molecule has 0 saturated heterocycles. The van der Waals surface area contributed by atoms with Gasteiger partial charge in [-0.15, -0.1) is 6.58 Å². The van der Waals surface area contributed by atoms with Gasteiger partial charge in [0.2, 0.25) is 5.82 Å². The highest BCUT2D eigenvalue weighted by Crippen LogP contribution is 2.37. The van der Waals surface area contributed by atoms with Gasteiger partial charge in [-0.3, -0.25) is 4.90 Å². The summed E-state index contributed by atoms with van der Waals surface area (Å²) in [6.45, 7) is 10.2. The third kappa shape index (κ3) is 4.01. The number of aromatic nitrogens is 2. The summed E-state index contributed by atoms with van der Waals surface area (Å²) in [6, 6.07) is 15.6. The van der Waals surface area contributed by atoms with Crippen molar-refractivity contribution in [2.24, 2.45) is 0 Å². The van der Waals surface area contributed by atoms with Crippen LogP contribution >= 0.6 is 0 Å². The van der Waals surface area contributed by atoms with Crippen LogP contribution in [0.1, 0.15) is 42.5 Å². The summed E-state index contributed by atoms with van der Waals surface area (Å²) >= 11 is 0. The molecule has 4 rings (SSSR count). The Bertz CT molecular complexity index is 1130. The molecule has 3 aromatic rings. The summed E-state index contributed by atoms with van der Waals surface area (Å²) in [4.78, 5) is 19.1. The molecular formula is C25H26N4O2. The zero-order valence-electron chi connectivity index (χ0n) is 18.1. The second-order valence-corrected chi connectivity index (χ2v) is 7.67. The van der Waals surface area contributed by atoms with Crippen LogP contribution in [0.3, 0.4) is 0 Å². The topological polar surface area (TPSA) is 71.3 Å². The van der Waals surface area contributed by atoms with Gasteiger partial charge in [0.15, 0.2) is 0 Å². The van der Waals surface area contributed by atoms with Crippen molar-refractivity contribution in [1.29, 1.82) is 0 Å². The zero-order valence-corrected chi connectivity index (χ0v) is 18.1. The first-order valence-corrected chi connectivity index (χ1v) is 10.4. The fraction of sp³-hybridized carbons (Fsp3) is 0.240. The molecule has 1 aliphatic rings. The molecule has 0 fully saturated rings. The van der Waals surface area contributed by atoms with Gasteiger partial charge in [-0.2, -0.15) is 4.98 Å². The second-order valence-electron chi connectivity index (χ2n) is 7.67. The lowest BCUT2D eigenvalue weighted by atomic mass is 9.93. The Hall–Kier alpha value is -3.67. The van der Waals surface area contributed by atoms with Gasteiger partial charge >= 0.3 is 6.03 Å². The molecule has 0 saturated carbocycles. The van der Waals surface area contributed by atoms with Crippen molar-refractivity contribution >= 4 is 11.6 Å². The standard InChI is InChI=1S/C25H26N4O2/c1-5-15-29-17(4)21(22(26-25(29)30)19-13-9-18(6-2)10-14-19)24-27-23(28-31-24)20-11-7-16(3)8-12-20/h5,7-14,22H,1,6,15H2,2-4H3,(H,26,30). The molecule has 158 valence electrons. The van der Waals surface area contributed by atoms with Crippen LogP contribution in [0.2, 0.25) is 0 Å². The van der Waals surface area contributed by atoms with Crippen molar-refractivity contribution < 1.29 is 9.32 Å². The third-order valence-electron chi connectivity index (χ3n) is 5.60. The van der Waals surface area contributed by atoms with E-state index in [0.717, 1.165) is 34.4 Å². The number of carbonyl (C=O) groups excluding carboxylic acids is 1. The Morgan fingerprint density at radius 3 is 2.48 bits per heavy atom. The van der Waals surface area contributed by atoms with E-state index in [1.807, 2.05) is 50.2 Å². The normalized spacial score (nSPS) is 16.4. The van der Waals surface area contributed by atoms with E-state index < -0.39 is 0 Å². The lowest BCUT2D eigenvalue weighted by molar-refractivity contribution is 0.209. The smallest absolute Gasteiger partial charge is 0.322 e. The summed E-state index contributed by atoms with van der Waals surface area (Å²) in [5.41, 5.74) is 5.81. The molecule has 0 spiro atoms. The first kappa shape index (κ1) is 20.6. The predicted molar refractivity (Wildman–Crippen MR) is 121 cm³/mol. The molecule has 1 aromatic heterocycles. The average molecular weight is 415 g/mol. The predicted octanol–water partition coefficient (Wildman–Crippen LogP) is 5.29. The molecule has 0 radical (unpaired) electrons. The van der Waals surface area contributed by atoms with E-state index in [1.165, 1.54) is 5.56 Å². The summed E-state index contributed by atoms with van der Waals surface area (Å²) < 4.78 is 5.69. The fourth-order valence-electron chi connectivity index (χ4n) is 3.76. The van der Waals surface area contributed by atoms with Crippen LogP contribution in [0.25, 0.3) is 17.0 Å². The van der Waals surface area contributed by atoms with Crippen LogP contribution in [0.15, 0.2) is 71.4 Å². The molecular weight excluding hydrogens is 388 g/mol. The fourth-order valence-corrected chi connectivity index (χ4v) is 3.76.